The van der Waals surface area contributed by atoms with E-state index in [1.165, 1.54) is 5.56 Å². The first-order chi connectivity index (χ1) is 7.61. The van der Waals surface area contributed by atoms with Crippen LogP contribution >= 0.6 is 0 Å². The second-order valence-corrected chi connectivity index (χ2v) is 4.70. The van der Waals surface area contributed by atoms with E-state index in [4.69, 9.17) is 0 Å². The first-order valence-corrected chi connectivity index (χ1v) is 6.08. The van der Waals surface area contributed by atoms with Gasteiger partial charge in [0.1, 0.15) is 0 Å². The second-order valence-electron chi connectivity index (χ2n) is 4.70. The highest BCUT2D eigenvalue weighted by Crippen LogP contribution is 2.06. The average molecular weight is 217 g/mol. The molecule has 0 aromatic heterocycles. The van der Waals surface area contributed by atoms with Crippen molar-refractivity contribution < 1.29 is 0 Å². The highest BCUT2D eigenvalue weighted by molar-refractivity contribution is 5.48. The monoisotopic (exact) mass is 217 g/mol. The summed E-state index contributed by atoms with van der Waals surface area (Å²) in [6.45, 7) is 10.0. The molecule has 0 unspecified atom stereocenters. The van der Waals surface area contributed by atoms with E-state index in [1.54, 1.807) is 0 Å². The maximum Gasteiger partial charge on any atom is 0.0171 e. The summed E-state index contributed by atoms with van der Waals surface area (Å²) < 4.78 is 0. The number of benzene rings is 1. The zero-order valence-corrected chi connectivity index (χ0v) is 10.9. The highest BCUT2D eigenvalue weighted by Gasteiger charge is 2.10. The van der Waals surface area contributed by atoms with Gasteiger partial charge in [0.15, 0.2) is 0 Å². The summed E-state index contributed by atoms with van der Waals surface area (Å²) in [5, 5.41) is 0. The largest absolute Gasteiger partial charge is 0.295 e. The summed E-state index contributed by atoms with van der Waals surface area (Å²) in [7, 11) is 0. The van der Waals surface area contributed by atoms with Gasteiger partial charge in [-0.1, -0.05) is 42.5 Å². The molecule has 0 atom stereocenters. The van der Waals surface area contributed by atoms with Crippen LogP contribution < -0.4 is 0 Å². The SMILES string of the molecule is CC(C)N(C/C=C/c1ccccc1)C(C)C. The Morgan fingerprint density at radius 3 is 2.06 bits per heavy atom. The lowest BCUT2D eigenvalue weighted by atomic mass is 10.2. The van der Waals surface area contributed by atoms with Gasteiger partial charge >= 0.3 is 0 Å². The molecular formula is C15H23N. The van der Waals surface area contributed by atoms with Crippen molar-refractivity contribution in [2.45, 2.75) is 39.8 Å². The zero-order valence-electron chi connectivity index (χ0n) is 10.9. The van der Waals surface area contributed by atoms with E-state index < -0.39 is 0 Å². The summed E-state index contributed by atoms with van der Waals surface area (Å²) in [6.07, 6.45) is 4.44. The van der Waals surface area contributed by atoms with Gasteiger partial charge in [-0.05, 0) is 33.3 Å². The van der Waals surface area contributed by atoms with Crippen LogP contribution in [0.5, 0.6) is 0 Å². The van der Waals surface area contributed by atoms with E-state index in [9.17, 15) is 0 Å². The van der Waals surface area contributed by atoms with Gasteiger partial charge in [0.25, 0.3) is 0 Å². The molecular weight excluding hydrogens is 194 g/mol. The molecule has 0 N–H and O–H groups in total. The van der Waals surface area contributed by atoms with Crippen LogP contribution in [0.4, 0.5) is 0 Å². The lowest BCUT2D eigenvalue weighted by Gasteiger charge is -2.29. The Labute approximate surface area is 99.8 Å². The quantitative estimate of drug-likeness (QED) is 0.724. The summed E-state index contributed by atoms with van der Waals surface area (Å²) in [5.74, 6) is 0. The molecule has 1 rings (SSSR count). The first kappa shape index (κ1) is 13.0. The topological polar surface area (TPSA) is 3.24 Å². The molecule has 0 amide bonds. The van der Waals surface area contributed by atoms with Crippen LogP contribution in [0.15, 0.2) is 36.4 Å². The number of hydrogen-bond acceptors (Lipinski definition) is 1. The maximum atomic E-state index is 2.47. The summed E-state index contributed by atoms with van der Waals surface area (Å²) in [6, 6.07) is 11.6. The predicted octanol–water partition coefficient (Wildman–Crippen LogP) is 3.82. The van der Waals surface area contributed by atoms with E-state index >= 15 is 0 Å². The van der Waals surface area contributed by atoms with E-state index in [2.05, 4.69) is 69.0 Å². The van der Waals surface area contributed by atoms with Crippen molar-refractivity contribution in [3.63, 3.8) is 0 Å². The van der Waals surface area contributed by atoms with Gasteiger partial charge in [-0.2, -0.15) is 0 Å². The Bertz CT molecular complexity index is 303. The van der Waals surface area contributed by atoms with Crippen molar-refractivity contribution >= 4 is 6.08 Å². The molecule has 0 bridgehead atoms. The minimum Gasteiger partial charge on any atom is -0.295 e. The molecule has 0 aliphatic rings. The van der Waals surface area contributed by atoms with Gasteiger partial charge in [0, 0.05) is 18.6 Å². The van der Waals surface area contributed by atoms with E-state index in [-0.39, 0.29) is 0 Å². The minimum atomic E-state index is 0.598. The zero-order chi connectivity index (χ0) is 12.0. The van der Waals surface area contributed by atoms with Gasteiger partial charge in [-0.25, -0.2) is 0 Å². The third-order valence-electron chi connectivity index (χ3n) is 2.75. The molecule has 0 saturated heterocycles. The van der Waals surface area contributed by atoms with Crippen molar-refractivity contribution in [3.05, 3.63) is 42.0 Å². The van der Waals surface area contributed by atoms with Crippen LogP contribution in [0.2, 0.25) is 0 Å². The highest BCUT2D eigenvalue weighted by atomic mass is 15.2. The third kappa shape index (κ3) is 4.19. The number of rotatable bonds is 5. The molecule has 1 heteroatoms. The Balaban J connectivity index is 2.52. The molecule has 0 aliphatic carbocycles. The fourth-order valence-electron chi connectivity index (χ4n) is 1.89. The Morgan fingerprint density at radius 1 is 1.00 bits per heavy atom. The van der Waals surface area contributed by atoms with Crippen molar-refractivity contribution in [2.24, 2.45) is 0 Å². The van der Waals surface area contributed by atoms with E-state index in [0.717, 1.165) is 6.54 Å². The van der Waals surface area contributed by atoms with Gasteiger partial charge in [-0.15, -0.1) is 0 Å². The average Bonchev–Trinajstić information content (AvgIpc) is 2.24. The number of nitrogens with zero attached hydrogens (tertiary/aromatic N) is 1. The third-order valence-corrected chi connectivity index (χ3v) is 2.75. The molecule has 1 aromatic rings. The Morgan fingerprint density at radius 2 is 1.56 bits per heavy atom. The standard InChI is InChI=1S/C15H23N/c1-13(2)16(14(3)4)12-8-11-15-9-6-5-7-10-15/h5-11,13-14H,12H2,1-4H3/b11-8+. The summed E-state index contributed by atoms with van der Waals surface area (Å²) in [4.78, 5) is 2.47. The molecule has 0 heterocycles. The molecule has 0 spiro atoms. The normalized spacial score (nSPS) is 12.2. The molecule has 1 aromatic carbocycles. The van der Waals surface area contributed by atoms with Crippen molar-refractivity contribution in [2.75, 3.05) is 6.54 Å². The van der Waals surface area contributed by atoms with E-state index in [1.807, 2.05) is 6.07 Å². The maximum absolute atomic E-state index is 2.47. The van der Waals surface area contributed by atoms with Gasteiger partial charge < -0.3 is 0 Å². The molecule has 88 valence electrons. The van der Waals surface area contributed by atoms with Crippen LogP contribution in [-0.4, -0.2) is 23.5 Å². The van der Waals surface area contributed by atoms with Gasteiger partial charge in [0.05, 0.1) is 0 Å². The van der Waals surface area contributed by atoms with Crippen LogP contribution in [0, 0.1) is 0 Å². The molecule has 0 fully saturated rings. The Hall–Kier alpha value is -1.08. The lowest BCUT2D eigenvalue weighted by molar-refractivity contribution is 0.196. The smallest absolute Gasteiger partial charge is 0.0171 e. The second kappa shape index (κ2) is 6.49. The fourth-order valence-corrected chi connectivity index (χ4v) is 1.89. The predicted molar refractivity (Wildman–Crippen MR) is 72.5 cm³/mol. The molecule has 0 saturated carbocycles. The van der Waals surface area contributed by atoms with E-state index in [0.29, 0.717) is 12.1 Å². The van der Waals surface area contributed by atoms with Crippen molar-refractivity contribution in [1.29, 1.82) is 0 Å². The van der Waals surface area contributed by atoms with Crippen molar-refractivity contribution in [1.82, 2.24) is 4.90 Å². The molecule has 1 nitrogen and oxygen atoms in total. The first-order valence-electron chi connectivity index (χ1n) is 6.08. The van der Waals surface area contributed by atoms with Crippen LogP contribution in [0.1, 0.15) is 33.3 Å². The van der Waals surface area contributed by atoms with Gasteiger partial charge in [0.2, 0.25) is 0 Å². The van der Waals surface area contributed by atoms with Crippen LogP contribution in [0.25, 0.3) is 6.08 Å². The van der Waals surface area contributed by atoms with Crippen molar-refractivity contribution in [3.8, 4) is 0 Å². The molecule has 0 aliphatic heterocycles. The van der Waals surface area contributed by atoms with Gasteiger partial charge in [-0.3, -0.25) is 4.90 Å². The summed E-state index contributed by atoms with van der Waals surface area (Å²) >= 11 is 0. The number of hydrogen-bond donors (Lipinski definition) is 0. The van der Waals surface area contributed by atoms with Crippen LogP contribution in [-0.2, 0) is 0 Å². The Kier molecular flexibility index (Phi) is 5.27. The van der Waals surface area contributed by atoms with Crippen LogP contribution in [0.3, 0.4) is 0 Å². The molecule has 16 heavy (non-hydrogen) atoms. The lowest BCUT2D eigenvalue weighted by Crippen LogP contribution is -2.36. The molecule has 0 radical (unpaired) electrons. The summed E-state index contributed by atoms with van der Waals surface area (Å²) in [5.41, 5.74) is 1.27. The minimum absolute atomic E-state index is 0.598. The fraction of sp³-hybridized carbons (Fsp3) is 0.467.